The summed E-state index contributed by atoms with van der Waals surface area (Å²) in [5, 5.41) is 10.8. The number of hydrogen-bond donors (Lipinski definition) is 2. The molecular formula is C19H28N4O3. The fraction of sp³-hybridized carbons (Fsp3) is 0.474. The van der Waals surface area contributed by atoms with E-state index >= 15 is 0 Å². The van der Waals surface area contributed by atoms with Gasteiger partial charge in [0.15, 0.2) is 17.5 Å². The Hall–Kier alpha value is -2.70. The Bertz CT molecular complexity index is 719. The van der Waals surface area contributed by atoms with Crippen LogP contribution in [0.2, 0.25) is 0 Å². The second-order valence-electron chi connectivity index (χ2n) is 5.67. The second kappa shape index (κ2) is 9.70. The number of ether oxygens (including phenoxy) is 2. The summed E-state index contributed by atoms with van der Waals surface area (Å²) >= 11 is 0. The third-order valence-corrected chi connectivity index (χ3v) is 4.19. The molecule has 1 aromatic heterocycles. The number of hydrogen-bond acceptors (Lipinski definition) is 5. The van der Waals surface area contributed by atoms with E-state index in [2.05, 4.69) is 34.6 Å². The highest BCUT2D eigenvalue weighted by atomic mass is 16.5. The van der Waals surface area contributed by atoms with Gasteiger partial charge in [-0.2, -0.15) is 0 Å². The molecule has 0 aliphatic rings. The van der Waals surface area contributed by atoms with Crippen molar-refractivity contribution in [3.05, 3.63) is 40.8 Å². The van der Waals surface area contributed by atoms with Gasteiger partial charge in [0.25, 0.3) is 0 Å². The standard InChI is InChI=1S/C19H28N4O3/c1-6-15-14(16(7-2)26-23-15)12-22-19(20-3)21-11-13-9-8-10-17(24-4)18(13)25-5/h8-10H,6-7,11-12H2,1-5H3,(H2,20,21,22). The van der Waals surface area contributed by atoms with E-state index in [0.717, 1.165) is 41.2 Å². The minimum Gasteiger partial charge on any atom is -0.493 e. The van der Waals surface area contributed by atoms with Crippen LogP contribution in [0.1, 0.15) is 36.4 Å². The molecule has 0 fully saturated rings. The van der Waals surface area contributed by atoms with Crippen molar-refractivity contribution in [1.82, 2.24) is 15.8 Å². The van der Waals surface area contributed by atoms with E-state index in [4.69, 9.17) is 14.0 Å². The van der Waals surface area contributed by atoms with Gasteiger partial charge in [-0.1, -0.05) is 31.1 Å². The minimum absolute atomic E-state index is 0.560. The third-order valence-electron chi connectivity index (χ3n) is 4.19. The van der Waals surface area contributed by atoms with Gasteiger partial charge in [0.2, 0.25) is 0 Å². The first-order valence-electron chi connectivity index (χ1n) is 8.79. The average molecular weight is 360 g/mol. The molecule has 0 saturated carbocycles. The maximum absolute atomic E-state index is 5.47. The SMILES string of the molecule is CCc1noc(CC)c1CNC(=NC)NCc1cccc(OC)c1OC. The quantitative estimate of drug-likeness (QED) is 0.556. The largest absolute Gasteiger partial charge is 0.493 e. The number of nitrogens with one attached hydrogen (secondary N) is 2. The fourth-order valence-electron chi connectivity index (χ4n) is 2.80. The van der Waals surface area contributed by atoms with Crippen LogP contribution in [0.15, 0.2) is 27.7 Å². The summed E-state index contributed by atoms with van der Waals surface area (Å²) in [5.74, 6) is 3.04. The van der Waals surface area contributed by atoms with Crippen LogP contribution in [0.5, 0.6) is 11.5 Å². The Kier molecular flexibility index (Phi) is 7.32. The van der Waals surface area contributed by atoms with Gasteiger partial charge in [-0.05, 0) is 12.5 Å². The normalized spacial score (nSPS) is 11.3. The Morgan fingerprint density at radius 3 is 2.50 bits per heavy atom. The van der Waals surface area contributed by atoms with Gasteiger partial charge in [0.05, 0.1) is 19.9 Å². The Morgan fingerprint density at radius 2 is 1.88 bits per heavy atom. The molecule has 0 atom stereocenters. The summed E-state index contributed by atoms with van der Waals surface area (Å²) in [6.07, 6.45) is 1.66. The molecule has 0 saturated heterocycles. The number of methoxy groups -OCH3 is 2. The topological polar surface area (TPSA) is 80.9 Å². The smallest absolute Gasteiger partial charge is 0.191 e. The maximum atomic E-state index is 5.47. The third kappa shape index (κ3) is 4.47. The first-order chi connectivity index (χ1) is 12.7. The van der Waals surface area contributed by atoms with Crippen molar-refractivity contribution in [3.8, 4) is 11.5 Å². The molecule has 2 aromatic rings. The molecule has 0 aliphatic heterocycles. The Labute approximate surface area is 154 Å². The monoisotopic (exact) mass is 360 g/mol. The molecule has 0 spiro atoms. The Morgan fingerprint density at radius 1 is 1.12 bits per heavy atom. The summed E-state index contributed by atoms with van der Waals surface area (Å²) in [6, 6.07) is 5.80. The molecule has 142 valence electrons. The number of aromatic nitrogens is 1. The summed E-state index contributed by atoms with van der Waals surface area (Å²) in [5.41, 5.74) is 3.08. The van der Waals surface area contributed by atoms with E-state index in [0.29, 0.717) is 24.8 Å². The van der Waals surface area contributed by atoms with Crippen LogP contribution in [0, 0.1) is 0 Å². The molecule has 1 aromatic carbocycles. The van der Waals surface area contributed by atoms with Crippen molar-refractivity contribution >= 4 is 5.96 Å². The van der Waals surface area contributed by atoms with Gasteiger partial charge >= 0.3 is 0 Å². The molecule has 0 amide bonds. The lowest BCUT2D eigenvalue weighted by Gasteiger charge is -2.15. The van der Waals surface area contributed by atoms with Crippen molar-refractivity contribution < 1.29 is 14.0 Å². The highest BCUT2D eigenvalue weighted by Crippen LogP contribution is 2.30. The van der Waals surface area contributed by atoms with E-state index in [1.807, 2.05) is 18.2 Å². The second-order valence-corrected chi connectivity index (χ2v) is 5.67. The van der Waals surface area contributed by atoms with E-state index in [-0.39, 0.29) is 0 Å². The van der Waals surface area contributed by atoms with E-state index in [9.17, 15) is 0 Å². The van der Waals surface area contributed by atoms with Crippen LogP contribution in [0.4, 0.5) is 0 Å². The van der Waals surface area contributed by atoms with Gasteiger partial charge in [-0.15, -0.1) is 0 Å². The fourth-order valence-corrected chi connectivity index (χ4v) is 2.80. The number of rotatable bonds is 8. The molecule has 0 unspecified atom stereocenters. The lowest BCUT2D eigenvalue weighted by Crippen LogP contribution is -2.36. The van der Waals surface area contributed by atoms with Gasteiger partial charge in [-0.25, -0.2) is 0 Å². The number of aryl methyl sites for hydroxylation is 2. The van der Waals surface area contributed by atoms with Gasteiger partial charge in [0.1, 0.15) is 5.76 Å². The van der Waals surface area contributed by atoms with Gasteiger partial charge < -0.3 is 24.6 Å². The molecule has 7 nitrogen and oxygen atoms in total. The molecular weight excluding hydrogens is 332 g/mol. The first-order valence-corrected chi connectivity index (χ1v) is 8.79. The highest BCUT2D eigenvalue weighted by molar-refractivity contribution is 5.79. The molecule has 1 heterocycles. The van der Waals surface area contributed by atoms with Crippen LogP contribution < -0.4 is 20.1 Å². The van der Waals surface area contributed by atoms with Crippen molar-refractivity contribution in [1.29, 1.82) is 0 Å². The van der Waals surface area contributed by atoms with Crippen molar-refractivity contribution in [2.75, 3.05) is 21.3 Å². The lowest BCUT2D eigenvalue weighted by atomic mass is 10.1. The zero-order valence-electron chi connectivity index (χ0n) is 16.2. The molecule has 26 heavy (non-hydrogen) atoms. The maximum Gasteiger partial charge on any atom is 0.191 e. The molecule has 2 N–H and O–H groups in total. The number of para-hydroxylation sites is 1. The number of nitrogens with zero attached hydrogens (tertiary/aromatic N) is 2. The van der Waals surface area contributed by atoms with E-state index in [1.54, 1.807) is 21.3 Å². The predicted molar refractivity (Wildman–Crippen MR) is 102 cm³/mol. The molecule has 0 radical (unpaired) electrons. The van der Waals surface area contributed by atoms with Crippen molar-refractivity contribution in [2.45, 2.75) is 39.8 Å². The van der Waals surface area contributed by atoms with Crippen LogP contribution in [-0.4, -0.2) is 32.4 Å². The van der Waals surface area contributed by atoms with Crippen LogP contribution in [-0.2, 0) is 25.9 Å². The lowest BCUT2D eigenvalue weighted by molar-refractivity contribution is 0.351. The molecule has 2 rings (SSSR count). The zero-order valence-corrected chi connectivity index (χ0v) is 16.2. The molecule has 0 aliphatic carbocycles. The first kappa shape index (κ1) is 19.6. The summed E-state index contributed by atoms with van der Waals surface area (Å²) in [7, 11) is 5.01. The van der Waals surface area contributed by atoms with Gasteiger partial charge in [0, 0.05) is 37.7 Å². The summed E-state index contributed by atoms with van der Waals surface area (Å²) in [6.45, 7) is 5.31. The van der Waals surface area contributed by atoms with Crippen LogP contribution >= 0.6 is 0 Å². The number of guanidine groups is 1. The highest BCUT2D eigenvalue weighted by Gasteiger charge is 2.14. The summed E-state index contributed by atoms with van der Waals surface area (Å²) < 4.78 is 16.2. The van der Waals surface area contributed by atoms with Gasteiger partial charge in [-0.3, -0.25) is 4.99 Å². The average Bonchev–Trinajstić information content (AvgIpc) is 3.09. The zero-order chi connectivity index (χ0) is 18.9. The minimum atomic E-state index is 0.560. The number of aliphatic imine (C=N–C) groups is 1. The molecule has 7 heteroatoms. The van der Waals surface area contributed by atoms with E-state index in [1.165, 1.54) is 0 Å². The Balaban J connectivity index is 2.02. The van der Waals surface area contributed by atoms with E-state index < -0.39 is 0 Å². The van der Waals surface area contributed by atoms with Crippen molar-refractivity contribution in [2.24, 2.45) is 4.99 Å². The summed E-state index contributed by atoms with van der Waals surface area (Å²) in [4.78, 5) is 4.28. The molecule has 0 bridgehead atoms. The number of benzene rings is 1. The van der Waals surface area contributed by atoms with Crippen molar-refractivity contribution in [3.63, 3.8) is 0 Å². The van der Waals surface area contributed by atoms with Crippen LogP contribution in [0.3, 0.4) is 0 Å². The predicted octanol–water partition coefficient (Wildman–Crippen LogP) is 2.68. The van der Waals surface area contributed by atoms with Crippen LogP contribution in [0.25, 0.3) is 0 Å².